The fourth-order valence-corrected chi connectivity index (χ4v) is 0.393. The maximum absolute atomic E-state index is 8.29. The zero-order valence-electron chi connectivity index (χ0n) is 6.75. The van der Waals surface area contributed by atoms with Gasteiger partial charge in [-0.2, -0.15) is 15.8 Å². The van der Waals surface area contributed by atoms with Gasteiger partial charge in [-0.05, 0) is 0 Å². The molecule has 0 aliphatic heterocycles. The van der Waals surface area contributed by atoms with Gasteiger partial charge >= 0.3 is 0 Å². The number of methoxy groups -OCH3 is 1. The molecule has 0 fully saturated rings. The number of nitriles is 3. The maximum atomic E-state index is 8.29. The van der Waals surface area contributed by atoms with E-state index in [1.54, 1.807) is 12.1 Å². The van der Waals surface area contributed by atoms with Crippen LogP contribution in [0, 0.1) is 34.1 Å². The van der Waals surface area contributed by atoms with Gasteiger partial charge in [-0.1, -0.05) is 0 Å². The molecule has 0 heterocycles. The van der Waals surface area contributed by atoms with Crippen LogP contribution in [0.1, 0.15) is 0 Å². The Balaban J connectivity index is 0. The molecular formula is C6H4N4NaO. The Morgan fingerprint density at radius 3 is 2.00 bits per heavy atom. The van der Waals surface area contributed by atoms with Crippen LogP contribution < -0.4 is 5.32 Å². The summed E-state index contributed by atoms with van der Waals surface area (Å²) in [5.41, 5.74) is -0.256. The third-order valence-corrected chi connectivity index (χ3v) is 0.824. The molecule has 0 aliphatic rings. The van der Waals surface area contributed by atoms with Crippen molar-refractivity contribution in [2.75, 3.05) is 7.11 Å². The van der Waals surface area contributed by atoms with Crippen molar-refractivity contribution in [1.29, 1.82) is 15.8 Å². The summed E-state index contributed by atoms with van der Waals surface area (Å²) in [6, 6.07) is 3.13. The van der Waals surface area contributed by atoms with Gasteiger partial charge in [0.2, 0.25) is 5.88 Å². The van der Waals surface area contributed by atoms with Gasteiger partial charge in [-0.15, -0.1) is 0 Å². The number of nitrogens with zero attached hydrogens (tertiary/aromatic N) is 3. The van der Waals surface area contributed by atoms with Crippen LogP contribution in [0.3, 0.4) is 0 Å². The van der Waals surface area contributed by atoms with Crippen molar-refractivity contribution in [3.63, 3.8) is 0 Å². The molecule has 0 amide bonds. The van der Waals surface area contributed by atoms with E-state index in [0.717, 1.165) is 0 Å². The Morgan fingerprint density at radius 2 is 1.75 bits per heavy atom. The Labute approximate surface area is 92.1 Å². The van der Waals surface area contributed by atoms with Gasteiger partial charge in [0.1, 0.15) is 12.1 Å². The molecule has 1 N–H and O–H groups in total. The first-order valence-electron chi connectivity index (χ1n) is 2.53. The summed E-state index contributed by atoms with van der Waals surface area (Å²) in [6.45, 7) is 0. The van der Waals surface area contributed by atoms with Crippen molar-refractivity contribution in [2.45, 2.75) is 0 Å². The van der Waals surface area contributed by atoms with Gasteiger partial charge in [-0.3, -0.25) is 5.32 Å². The summed E-state index contributed by atoms with van der Waals surface area (Å²) in [4.78, 5) is 0. The molecule has 0 rings (SSSR count). The second-order valence-electron chi connectivity index (χ2n) is 1.37. The van der Waals surface area contributed by atoms with E-state index < -0.39 is 0 Å². The summed E-state index contributed by atoms with van der Waals surface area (Å²) in [5.74, 6) is -0.127. The van der Waals surface area contributed by atoms with Crippen molar-refractivity contribution < 1.29 is 4.74 Å². The van der Waals surface area contributed by atoms with E-state index in [-0.39, 0.29) is 41.0 Å². The molecular weight excluding hydrogens is 167 g/mol. The van der Waals surface area contributed by atoms with E-state index in [9.17, 15) is 0 Å². The molecule has 0 bridgehead atoms. The predicted octanol–water partition coefficient (Wildman–Crippen LogP) is -0.419. The minimum atomic E-state index is -0.256. The second-order valence-corrected chi connectivity index (χ2v) is 1.37. The Hall–Kier alpha value is -1.19. The molecule has 0 aromatic rings. The maximum Gasteiger partial charge on any atom is 0.229 e. The Morgan fingerprint density at radius 1 is 1.25 bits per heavy atom. The molecule has 12 heavy (non-hydrogen) atoms. The molecule has 6 heteroatoms. The molecule has 0 saturated heterocycles. The van der Waals surface area contributed by atoms with Gasteiger partial charge in [0.15, 0.2) is 11.8 Å². The topological polar surface area (TPSA) is 92.6 Å². The van der Waals surface area contributed by atoms with Crippen LogP contribution in [0.2, 0.25) is 0 Å². The standard InChI is InChI=1S/C6H4N4O.Na/c1-11-6(10-4-9)5(2-7)3-8;/h10H,1H3;. The van der Waals surface area contributed by atoms with Gasteiger partial charge in [-0.25, -0.2) is 0 Å². The van der Waals surface area contributed by atoms with Crippen LogP contribution in [0.25, 0.3) is 0 Å². The van der Waals surface area contributed by atoms with E-state index in [2.05, 4.69) is 10.1 Å². The average Bonchev–Trinajstić information content (AvgIpc) is 2.05. The van der Waals surface area contributed by atoms with Crippen LogP contribution >= 0.6 is 0 Å². The van der Waals surface area contributed by atoms with E-state index in [1.807, 2.05) is 0 Å². The Kier molecular flexibility index (Phi) is 8.84. The molecule has 0 aromatic heterocycles. The van der Waals surface area contributed by atoms with Gasteiger partial charge in [0.25, 0.3) is 0 Å². The summed E-state index contributed by atoms with van der Waals surface area (Å²) in [5, 5.41) is 26.8. The molecule has 0 aliphatic carbocycles. The van der Waals surface area contributed by atoms with Crippen molar-refractivity contribution >= 4 is 29.6 Å². The first-order chi connectivity index (χ1) is 5.29. The van der Waals surface area contributed by atoms with E-state index in [4.69, 9.17) is 15.8 Å². The van der Waals surface area contributed by atoms with Gasteiger partial charge in [0, 0.05) is 29.6 Å². The number of hydrogen-bond donors (Lipinski definition) is 1. The van der Waals surface area contributed by atoms with Crippen molar-refractivity contribution in [3.05, 3.63) is 11.5 Å². The summed E-state index contributed by atoms with van der Waals surface area (Å²) in [7, 11) is 1.26. The SMILES string of the molecule is COC(NC#N)=C(C#N)C#N.[Na]. The smallest absolute Gasteiger partial charge is 0.229 e. The molecule has 0 spiro atoms. The Bertz CT molecular complexity index is 274. The zero-order chi connectivity index (χ0) is 8.69. The van der Waals surface area contributed by atoms with Crippen LogP contribution in [0.4, 0.5) is 0 Å². The van der Waals surface area contributed by atoms with Crippen LogP contribution in [-0.2, 0) is 4.74 Å². The minimum absolute atomic E-state index is 0. The number of rotatable bonds is 2. The molecule has 0 unspecified atom stereocenters. The fraction of sp³-hybridized carbons (Fsp3) is 0.167. The molecule has 0 aromatic carbocycles. The quantitative estimate of drug-likeness (QED) is 0.200. The molecule has 0 saturated carbocycles. The number of ether oxygens (including phenoxy) is 1. The third-order valence-electron chi connectivity index (χ3n) is 0.824. The summed E-state index contributed by atoms with van der Waals surface area (Å²) < 4.78 is 4.54. The van der Waals surface area contributed by atoms with E-state index >= 15 is 0 Å². The number of hydrogen-bond acceptors (Lipinski definition) is 5. The zero-order valence-corrected chi connectivity index (χ0v) is 8.75. The second kappa shape index (κ2) is 7.91. The van der Waals surface area contributed by atoms with E-state index in [1.165, 1.54) is 13.3 Å². The van der Waals surface area contributed by atoms with Crippen LogP contribution in [-0.4, -0.2) is 36.7 Å². The van der Waals surface area contributed by atoms with Crippen molar-refractivity contribution in [1.82, 2.24) is 5.32 Å². The summed E-state index contributed by atoms with van der Waals surface area (Å²) in [6.07, 6.45) is 1.53. The van der Waals surface area contributed by atoms with Gasteiger partial charge < -0.3 is 4.74 Å². The first kappa shape index (κ1) is 13.4. The third kappa shape index (κ3) is 3.85. The summed E-state index contributed by atoms with van der Waals surface area (Å²) >= 11 is 0. The van der Waals surface area contributed by atoms with Crippen LogP contribution in [0.5, 0.6) is 0 Å². The predicted molar refractivity (Wildman–Crippen MR) is 39.8 cm³/mol. The number of nitrogens with one attached hydrogen (secondary N) is 1. The first-order valence-corrected chi connectivity index (χ1v) is 2.53. The molecule has 55 valence electrons. The fourth-order valence-electron chi connectivity index (χ4n) is 0.393. The molecule has 0 atom stereocenters. The van der Waals surface area contributed by atoms with E-state index in [0.29, 0.717) is 0 Å². The van der Waals surface area contributed by atoms with Crippen LogP contribution in [0.15, 0.2) is 11.5 Å². The van der Waals surface area contributed by atoms with Crippen molar-refractivity contribution in [3.8, 4) is 18.3 Å². The van der Waals surface area contributed by atoms with Gasteiger partial charge in [0.05, 0.1) is 7.11 Å². The largest absolute Gasteiger partial charge is 0.480 e. The molecule has 1 radical (unpaired) electrons. The monoisotopic (exact) mass is 171 g/mol. The molecule has 5 nitrogen and oxygen atoms in total. The minimum Gasteiger partial charge on any atom is -0.480 e. The number of allylic oxidation sites excluding steroid dienone is 1. The average molecular weight is 171 g/mol. The normalized spacial score (nSPS) is 5.83. The van der Waals surface area contributed by atoms with Crippen molar-refractivity contribution in [2.24, 2.45) is 0 Å².